The predicted octanol–water partition coefficient (Wildman–Crippen LogP) is 5.57. The van der Waals surface area contributed by atoms with Gasteiger partial charge in [-0.1, -0.05) is 60.7 Å². The Morgan fingerprint density at radius 2 is 1.55 bits per heavy atom. The number of carbonyl (C=O) groups is 2. The fourth-order valence-electron chi connectivity index (χ4n) is 3.47. The molecule has 0 radical (unpaired) electrons. The van der Waals surface area contributed by atoms with E-state index in [4.69, 9.17) is 0 Å². The minimum absolute atomic E-state index is 0.0361. The smallest absolute Gasteiger partial charge is 0.311 e. The summed E-state index contributed by atoms with van der Waals surface area (Å²) in [5.41, 5.74) is 3.79. The molecule has 0 aliphatic heterocycles. The number of fused-ring (bicyclic) bond motifs is 1. The summed E-state index contributed by atoms with van der Waals surface area (Å²) in [6.45, 7) is 3.79. The summed E-state index contributed by atoms with van der Waals surface area (Å²) in [5, 5.41) is 21.5. The van der Waals surface area contributed by atoms with Gasteiger partial charge in [0, 0.05) is 10.9 Å². The second-order valence-electron chi connectivity index (χ2n) is 7.57. The van der Waals surface area contributed by atoms with Gasteiger partial charge in [0.15, 0.2) is 5.69 Å². The van der Waals surface area contributed by atoms with Gasteiger partial charge in [0.25, 0.3) is 5.91 Å². The van der Waals surface area contributed by atoms with Crippen molar-refractivity contribution in [2.75, 3.05) is 0 Å². The van der Waals surface area contributed by atoms with Crippen LogP contribution in [0.2, 0.25) is 0 Å². The van der Waals surface area contributed by atoms with Crippen molar-refractivity contribution in [2.45, 2.75) is 13.8 Å². The van der Waals surface area contributed by atoms with Crippen LogP contribution < -0.4 is 5.32 Å². The Morgan fingerprint density at radius 1 is 0.909 bits per heavy atom. The van der Waals surface area contributed by atoms with Crippen molar-refractivity contribution in [1.29, 1.82) is 0 Å². The van der Waals surface area contributed by atoms with Gasteiger partial charge in [-0.2, -0.15) is 0 Å². The number of nitrogens with zero attached hydrogens (tertiary/aromatic N) is 2. The highest BCUT2D eigenvalue weighted by molar-refractivity contribution is 6.06. The first-order valence-corrected chi connectivity index (χ1v) is 10.3. The molecule has 0 atom stereocenters. The average Bonchev–Trinajstić information content (AvgIpc) is 3.18. The van der Waals surface area contributed by atoms with Crippen molar-refractivity contribution in [1.82, 2.24) is 10.3 Å². The van der Waals surface area contributed by atoms with Crippen LogP contribution in [-0.4, -0.2) is 21.9 Å². The van der Waals surface area contributed by atoms with Gasteiger partial charge in [-0.25, -0.2) is 0 Å². The molecule has 0 bridgehead atoms. The SMILES string of the molecule is Cc1ccc(C)c2c(N=NC(=O)C(=Cc3ccccc3)NC(=O)c3ccccc3)c(O)[nH]c12. The zero-order valence-electron chi connectivity index (χ0n) is 18.2. The summed E-state index contributed by atoms with van der Waals surface area (Å²) in [5.74, 6) is -1.37. The van der Waals surface area contributed by atoms with E-state index in [-0.39, 0.29) is 17.3 Å². The summed E-state index contributed by atoms with van der Waals surface area (Å²) >= 11 is 0. The fraction of sp³-hybridized carbons (Fsp3) is 0.0769. The first-order valence-electron chi connectivity index (χ1n) is 10.3. The number of aromatic hydroxyl groups is 1. The lowest BCUT2D eigenvalue weighted by Gasteiger charge is -2.07. The molecular formula is C26H22N4O3. The summed E-state index contributed by atoms with van der Waals surface area (Å²) in [6, 6.07) is 21.5. The van der Waals surface area contributed by atoms with Crippen molar-refractivity contribution in [3.8, 4) is 5.88 Å². The second-order valence-corrected chi connectivity index (χ2v) is 7.57. The lowest BCUT2D eigenvalue weighted by Crippen LogP contribution is -2.26. The molecule has 4 rings (SSSR count). The maximum atomic E-state index is 13.0. The molecule has 33 heavy (non-hydrogen) atoms. The van der Waals surface area contributed by atoms with E-state index < -0.39 is 11.8 Å². The highest BCUT2D eigenvalue weighted by Crippen LogP contribution is 2.38. The highest BCUT2D eigenvalue weighted by Gasteiger charge is 2.17. The molecular weight excluding hydrogens is 416 g/mol. The number of benzene rings is 3. The highest BCUT2D eigenvalue weighted by atomic mass is 16.3. The van der Waals surface area contributed by atoms with Gasteiger partial charge >= 0.3 is 5.91 Å². The van der Waals surface area contributed by atoms with Crippen LogP contribution >= 0.6 is 0 Å². The van der Waals surface area contributed by atoms with Crippen LogP contribution in [0.4, 0.5) is 5.69 Å². The van der Waals surface area contributed by atoms with Gasteiger partial charge in [0.05, 0.1) is 5.52 Å². The number of carbonyl (C=O) groups excluding carboxylic acids is 2. The number of H-pyrrole nitrogens is 1. The Morgan fingerprint density at radius 3 is 2.24 bits per heavy atom. The standard InChI is InChI=1S/C26H22N4O3/c1-16-13-14-17(2)22-21(16)23(26(33)28-22)29-30-25(32)20(15-18-9-5-3-6-10-18)27-24(31)19-11-7-4-8-12-19/h3-15,28,33H,1-2H3,(H,27,31). The van der Waals surface area contributed by atoms with Gasteiger partial charge in [0.1, 0.15) is 5.70 Å². The Bertz CT molecular complexity index is 1390. The number of aromatic nitrogens is 1. The molecule has 1 aromatic heterocycles. The molecule has 3 N–H and O–H groups in total. The molecule has 0 aliphatic rings. The van der Waals surface area contributed by atoms with E-state index in [0.717, 1.165) is 16.6 Å². The minimum Gasteiger partial charge on any atom is -0.493 e. The first kappa shape index (κ1) is 21.7. The minimum atomic E-state index is -0.748. The van der Waals surface area contributed by atoms with Gasteiger partial charge in [-0.15, -0.1) is 10.2 Å². The molecule has 164 valence electrons. The van der Waals surface area contributed by atoms with Crippen molar-refractivity contribution < 1.29 is 14.7 Å². The quantitative estimate of drug-likeness (QED) is 0.280. The van der Waals surface area contributed by atoms with Gasteiger partial charge in [-0.3, -0.25) is 9.59 Å². The molecule has 0 unspecified atom stereocenters. The largest absolute Gasteiger partial charge is 0.493 e. The molecule has 2 amide bonds. The molecule has 3 aromatic carbocycles. The Kier molecular flexibility index (Phi) is 6.13. The van der Waals surface area contributed by atoms with Crippen LogP contribution in [0.15, 0.2) is 88.7 Å². The monoisotopic (exact) mass is 438 g/mol. The third-order valence-electron chi connectivity index (χ3n) is 5.19. The maximum absolute atomic E-state index is 13.0. The van der Waals surface area contributed by atoms with Gasteiger partial charge in [0.2, 0.25) is 5.88 Å². The van der Waals surface area contributed by atoms with Crippen LogP contribution in [0.3, 0.4) is 0 Å². The molecule has 7 heteroatoms. The van der Waals surface area contributed by atoms with Crippen molar-refractivity contribution in [2.24, 2.45) is 10.2 Å². The molecule has 0 saturated carbocycles. The number of nitrogens with one attached hydrogen (secondary N) is 2. The number of rotatable bonds is 5. The summed E-state index contributed by atoms with van der Waals surface area (Å²) in [6.07, 6.45) is 1.53. The number of aryl methyl sites for hydroxylation is 2. The normalized spacial score (nSPS) is 11.8. The first-order chi connectivity index (χ1) is 15.9. The van der Waals surface area contributed by atoms with E-state index in [0.29, 0.717) is 16.5 Å². The number of hydrogen-bond acceptors (Lipinski definition) is 4. The molecule has 4 aromatic rings. The number of hydrogen-bond donors (Lipinski definition) is 3. The van der Waals surface area contributed by atoms with Crippen LogP contribution in [-0.2, 0) is 4.79 Å². The third-order valence-corrected chi connectivity index (χ3v) is 5.19. The summed E-state index contributed by atoms with van der Waals surface area (Å²) in [7, 11) is 0. The molecule has 0 saturated heterocycles. The number of aromatic amines is 1. The lowest BCUT2D eigenvalue weighted by molar-refractivity contribution is -0.115. The molecule has 7 nitrogen and oxygen atoms in total. The zero-order chi connectivity index (χ0) is 23.4. The van der Waals surface area contributed by atoms with Crippen molar-refractivity contribution in [3.63, 3.8) is 0 Å². The van der Waals surface area contributed by atoms with Crippen molar-refractivity contribution in [3.05, 3.63) is 101 Å². The molecule has 1 heterocycles. The maximum Gasteiger partial charge on any atom is 0.311 e. The van der Waals surface area contributed by atoms with E-state index in [1.807, 2.05) is 44.2 Å². The van der Waals surface area contributed by atoms with Crippen LogP contribution in [0.1, 0.15) is 27.0 Å². The van der Waals surface area contributed by atoms with Crippen LogP contribution in [0.5, 0.6) is 5.88 Å². The lowest BCUT2D eigenvalue weighted by atomic mass is 10.1. The second kappa shape index (κ2) is 9.32. The summed E-state index contributed by atoms with van der Waals surface area (Å²) in [4.78, 5) is 28.5. The van der Waals surface area contributed by atoms with Gasteiger partial charge in [-0.05, 0) is 48.7 Å². The average molecular weight is 438 g/mol. The fourth-order valence-corrected chi connectivity index (χ4v) is 3.47. The van der Waals surface area contributed by atoms with Crippen LogP contribution in [0.25, 0.3) is 17.0 Å². The number of amides is 2. The van der Waals surface area contributed by atoms with Gasteiger partial charge < -0.3 is 15.4 Å². The van der Waals surface area contributed by atoms with E-state index in [1.54, 1.807) is 42.5 Å². The topological polar surface area (TPSA) is 107 Å². The molecule has 0 spiro atoms. The Labute approximate surface area is 190 Å². The third kappa shape index (κ3) is 4.72. The zero-order valence-corrected chi connectivity index (χ0v) is 18.2. The Balaban J connectivity index is 1.69. The van der Waals surface area contributed by atoms with E-state index in [2.05, 4.69) is 20.5 Å². The van der Waals surface area contributed by atoms with E-state index in [9.17, 15) is 14.7 Å². The van der Waals surface area contributed by atoms with Crippen molar-refractivity contribution >= 4 is 34.5 Å². The van der Waals surface area contributed by atoms with E-state index in [1.165, 1.54) is 6.08 Å². The Hall–Kier alpha value is -4.52. The number of azo groups is 1. The van der Waals surface area contributed by atoms with E-state index >= 15 is 0 Å². The molecule has 0 aliphatic carbocycles. The predicted molar refractivity (Wildman–Crippen MR) is 127 cm³/mol. The summed E-state index contributed by atoms with van der Waals surface area (Å²) < 4.78 is 0. The molecule has 0 fully saturated rings. The van der Waals surface area contributed by atoms with Crippen LogP contribution in [0, 0.1) is 13.8 Å².